The molecule has 0 aliphatic carbocycles. The van der Waals surface area contributed by atoms with Crippen LogP contribution in [0.3, 0.4) is 0 Å². The van der Waals surface area contributed by atoms with Gasteiger partial charge in [-0.1, -0.05) is 0 Å². The van der Waals surface area contributed by atoms with Crippen LogP contribution in [-0.4, -0.2) is 46.6 Å². The molecular formula is C15H21N3O3. The summed E-state index contributed by atoms with van der Waals surface area (Å²) in [6, 6.07) is 3.82. The second kappa shape index (κ2) is 7.61. The van der Waals surface area contributed by atoms with E-state index in [1.54, 1.807) is 17.3 Å². The number of amides is 2. The minimum Gasteiger partial charge on any atom is -0.481 e. The summed E-state index contributed by atoms with van der Waals surface area (Å²) in [5.74, 6) is -0.456. The molecule has 1 aliphatic heterocycles. The summed E-state index contributed by atoms with van der Waals surface area (Å²) in [5.41, 5.74) is 1.14. The highest BCUT2D eigenvalue weighted by molar-refractivity contribution is 5.74. The van der Waals surface area contributed by atoms with Crippen LogP contribution in [-0.2, 0) is 11.2 Å². The van der Waals surface area contributed by atoms with Gasteiger partial charge < -0.3 is 15.3 Å². The summed E-state index contributed by atoms with van der Waals surface area (Å²) < 4.78 is 0. The Balaban J connectivity index is 1.66. The van der Waals surface area contributed by atoms with Crippen molar-refractivity contribution in [1.29, 1.82) is 0 Å². The number of pyridine rings is 1. The lowest BCUT2D eigenvalue weighted by Gasteiger charge is -2.17. The Bertz CT molecular complexity index is 478. The molecule has 0 aromatic carbocycles. The molecule has 114 valence electrons. The molecule has 6 nitrogen and oxygen atoms in total. The van der Waals surface area contributed by atoms with E-state index >= 15 is 0 Å². The molecular weight excluding hydrogens is 270 g/mol. The Hall–Kier alpha value is -2.11. The first-order valence-electron chi connectivity index (χ1n) is 7.28. The van der Waals surface area contributed by atoms with Crippen molar-refractivity contribution in [3.63, 3.8) is 0 Å². The average molecular weight is 291 g/mol. The molecule has 1 aromatic heterocycles. The quantitative estimate of drug-likeness (QED) is 0.832. The molecule has 2 heterocycles. The number of aromatic nitrogens is 1. The van der Waals surface area contributed by atoms with Gasteiger partial charge in [-0.25, -0.2) is 4.79 Å². The predicted molar refractivity (Wildman–Crippen MR) is 77.9 cm³/mol. The number of rotatable bonds is 6. The van der Waals surface area contributed by atoms with Crippen molar-refractivity contribution in [2.24, 2.45) is 5.92 Å². The molecule has 1 fully saturated rings. The average Bonchev–Trinajstić information content (AvgIpc) is 2.95. The third-order valence-corrected chi connectivity index (χ3v) is 3.78. The lowest BCUT2D eigenvalue weighted by molar-refractivity contribution is -0.137. The van der Waals surface area contributed by atoms with Crippen molar-refractivity contribution in [3.05, 3.63) is 30.1 Å². The number of aliphatic carboxylic acids is 1. The van der Waals surface area contributed by atoms with Crippen LogP contribution in [0.5, 0.6) is 0 Å². The van der Waals surface area contributed by atoms with Crippen molar-refractivity contribution in [2.75, 3.05) is 19.6 Å². The molecule has 2 amide bonds. The normalized spacial score (nSPS) is 17.7. The molecule has 2 rings (SSSR count). The number of carbonyl (C=O) groups is 2. The lowest BCUT2D eigenvalue weighted by atomic mass is 10.0. The zero-order valence-electron chi connectivity index (χ0n) is 12.0. The number of hydrogen-bond acceptors (Lipinski definition) is 3. The number of carboxylic acids is 1. The zero-order valence-corrected chi connectivity index (χ0v) is 12.0. The maximum Gasteiger partial charge on any atom is 0.317 e. The summed E-state index contributed by atoms with van der Waals surface area (Å²) in [4.78, 5) is 28.3. The van der Waals surface area contributed by atoms with Gasteiger partial charge in [-0.05, 0) is 42.9 Å². The van der Waals surface area contributed by atoms with E-state index in [2.05, 4.69) is 10.3 Å². The van der Waals surface area contributed by atoms with Gasteiger partial charge in [-0.2, -0.15) is 0 Å². The summed E-state index contributed by atoms with van der Waals surface area (Å²) in [7, 11) is 0. The van der Waals surface area contributed by atoms with E-state index < -0.39 is 5.97 Å². The molecule has 1 atom stereocenters. The van der Waals surface area contributed by atoms with Gasteiger partial charge in [0.2, 0.25) is 0 Å². The molecule has 2 N–H and O–H groups in total. The van der Waals surface area contributed by atoms with Gasteiger partial charge in [0.15, 0.2) is 0 Å². The highest BCUT2D eigenvalue weighted by Crippen LogP contribution is 2.20. The molecule has 1 saturated heterocycles. The first-order valence-corrected chi connectivity index (χ1v) is 7.28. The maximum absolute atomic E-state index is 12.0. The Labute approximate surface area is 124 Å². The smallest absolute Gasteiger partial charge is 0.317 e. The lowest BCUT2D eigenvalue weighted by Crippen LogP contribution is -2.39. The highest BCUT2D eigenvalue weighted by Gasteiger charge is 2.26. The van der Waals surface area contributed by atoms with Crippen molar-refractivity contribution in [2.45, 2.75) is 25.7 Å². The standard InChI is InChI=1S/C15H21N3O3/c19-14(20)2-1-13-6-10-18(11-13)15(21)17-9-5-12-3-7-16-8-4-12/h3-4,7-8,13H,1-2,5-6,9-11H2,(H,17,21)(H,19,20). The Morgan fingerprint density at radius 3 is 2.86 bits per heavy atom. The largest absolute Gasteiger partial charge is 0.481 e. The fourth-order valence-electron chi connectivity index (χ4n) is 2.56. The van der Waals surface area contributed by atoms with Crippen LogP contribution in [0, 0.1) is 5.92 Å². The number of nitrogens with one attached hydrogen (secondary N) is 1. The Kier molecular flexibility index (Phi) is 5.54. The molecule has 0 radical (unpaired) electrons. The third kappa shape index (κ3) is 5.06. The van der Waals surface area contributed by atoms with Crippen LogP contribution < -0.4 is 5.32 Å². The van der Waals surface area contributed by atoms with Gasteiger partial charge in [0.05, 0.1) is 0 Å². The van der Waals surface area contributed by atoms with Gasteiger partial charge in [-0.3, -0.25) is 9.78 Å². The highest BCUT2D eigenvalue weighted by atomic mass is 16.4. The van der Waals surface area contributed by atoms with Crippen LogP contribution in [0.4, 0.5) is 4.79 Å². The van der Waals surface area contributed by atoms with E-state index in [1.807, 2.05) is 12.1 Å². The van der Waals surface area contributed by atoms with Gasteiger partial charge in [0.1, 0.15) is 0 Å². The second-order valence-corrected chi connectivity index (χ2v) is 5.37. The minimum atomic E-state index is -0.768. The zero-order chi connectivity index (χ0) is 15.1. The van der Waals surface area contributed by atoms with Crippen molar-refractivity contribution in [3.8, 4) is 0 Å². The maximum atomic E-state index is 12.0. The summed E-state index contributed by atoms with van der Waals surface area (Å²) in [5, 5.41) is 11.6. The molecule has 0 spiro atoms. The van der Waals surface area contributed by atoms with Crippen LogP contribution in [0.1, 0.15) is 24.8 Å². The van der Waals surface area contributed by atoms with Crippen molar-refractivity contribution < 1.29 is 14.7 Å². The number of likely N-dealkylation sites (tertiary alicyclic amines) is 1. The predicted octanol–water partition coefficient (Wildman–Crippen LogP) is 1.52. The van der Waals surface area contributed by atoms with Crippen LogP contribution >= 0.6 is 0 Å². The summed E-state index contributed by atoms with van der Waals surface area (Å²) in [6.45, 7) is 1.97. The SMILES string of the molecule is O=C(O)CCC1CCN(C(=O)NCCc2ccncc2)C1. The van der Waals surface area contributed by atoms with E-state index in [1.165, 1.54) is 0 Å². The topological polar surface area (TPSA) is 82.5 Å². The number of nitrogens with zero attached hydrogens (tertiary/aromatic N) is 2. The molecule has 1 aliphatic rings. The van der Waals surface area contributed by atoms with E-state index in [0.29, 0.717) is 32.0 Å². The van der Waals surface area contributed by atoms with E-state index in [4.69, 9.17) is 5.11 Å². The molecule has 0 bridgehead atoms. The van der Waals surface area contributed by atoms with Crippen LogP contribution in [0.15, 0.2) is 24.5 Å². The van der Waals surface area contributed by atoms with Gasteiger partial charge in [0, 0.05) is 38.4 Å². The molecule has 1 unspecified atom stereocenters. The fraction of sp³-hybridized carbons (Fsp3) is 0.533. The third-order valence-electron chi connectivity index (χ3n) is 3.78. The first-order chi connectivity index (χ1) is 10.1. The monoisotopic (exact) mass is 291 g/mol. The molecule has 1 aromatic rings. The fourth-order valence-corrected chi connectivity index (χ4v) is 2.56. The number of carboxylic acid groups (broad SMARTS) is 1. The van der Waals surface area contributed by atoms with Crippen molar-refractivity contribution in [1.82, 2.24) is 15.2 Å². The molecule has 0 saturated carbocycles. The molecule has 6 heteroatoms. The Morgan fingerprint density at radius 1 is 1.38 bits per heavy atom. The van der Waals surface area contributed by atoms with E-state index in [9.17, 15) is 9.59 Å². The Morgan fingerprint density at radius 2 is 2.14 bits per heavy atom. The number of hydrogen-bond donors (Lipinski definition) is 2. The first kappa shape index (κ1) is 15.3. The number of urea groups is 1. The van der Waals surface area contributed by atoms with Gasteiger partial charge >= 0.3 is 12.0 Å². The van der Waals surface area contributed by atoms with Gasteiger partial charge in [-0.15, -0.1) is 0 Å². The summed E-state index contributed by atoms with van der Waals surface area (Å²) in [6.07, 6.45) is 5.99. The van der Waals surface area contributed by atoms with E-state index in [0.717, 1.165) is 18.4 Å². The van der Waals surface area contributed by atoms with Gasteiger partial charge in [0.25, 0.3) is 0 Å². The summed E-state index contributed by atoms with van der Waals surface area (Å²) >= 11 is 0. The molecule has 21 heavy (non-hydrogen) atoms. The van der Waals surface area contributed by atoms with Crippen LogP contribution in [0.25, 0.3) is 0 Å². The second-order valence-electron chi connectivity index (χ2n) is 5.37. The van der Waals surface area contributed by atoms with E-state index in [-0.39, 0.29) is 12.5 Å². The minimum absolute atomic E-state index is 0.0538. The number of carbonyl (C=O) groups excluding carboxylic acids is 1. The van der Waals surface area contributed by atoms with Crippen molar-refractivity contribution >= 4 is 12.0 Å². The van der Waals surface area contributed by atoms with Crippen LogP contribution in [0.2, 0.25) is 0 Å².